The third-order valence-electron chi connectivity index (χ3n) is 3.13. The molecule has 2 aromatic heterocycles. The zero-order valence-corrected chi connectivity index (χ0v) is 12.0. The predicted octanol–water partition coefficient (Wildman–Crippen LogP) is 1.60. The predicted molar refractivity (Wildman–Crippen MR) is 76.6 cm³/mol. The lowest BCUT2D eigenvalue weighted by molar-refractivity contribution is 0.255. The van der Waals surface area contributed by atoms with Gasteiger partial charge in [0.25, 0.3) is 0 Å². The number of nitrogens with two attached hydrogens (primary N) is 1. The van der Waals surface area contributed by atoms with Gasteiger partial charge < -0.3 is 10.9 Å². The molecule has 7 heteroatoms. The van der Waals surface area contributed by atoms with Crippen molar-refractivity contribution in [1.29, 1.82) is 0 Å². The lowest BCUT2D eigenvalue weighted by Gasteiger charge is -2.22. The summed E-state index contributed by atoms with van der Waals surface area (Å²) in [6.07, 6.45) is 4.05. The molecule has 3 N–H and O–H groups in total. The Bertz CT molecular complexity index is 533. The molecule has 19 heavy (non-hydrogen) atoms. The third-order valence-corrected chi connectivity index (χ3v) is 3.90. The summed E-state index contributed by atoms with van der Waals surface area (Å²) in [6.45, 7) is 6.46. The van der Waals surface area contributed by atoms with Crippen molar-refractivity contribution in [2.45, 2.75) is 20.4 Å². The Morgan fingerprint density at radius 1 is 1.68 bits per heavy atom. The number of nitrogens with zero attached hydrogens (tertiary/aromatic N) is 4. The SMILES string of the molecule is CCN(Cc1cn2ccsc2n1)CC(C)/C(N)=N/O. The van der Waals surface area contributed by atoms with E-state index >= 15 is 0 Å². The minimum Gasteiger partial charge on any atom is -0.409 e. The second-order valence-electron chi connectivity index (χ2n) is 4.58. The van der Waals surface area contributed by atoms with Crippen molar-refractivity contribution in [3.05, 3.63) is 23.5 Å². The molecule has 0 amide bonds. The van der Waals surface area contributed by atoms with Crippen molar-refractivity contribution in [3.63, 3.8) is 0 Å². The number of oxime groups is 1. The highest BCUT2D eigenvalue weighted by Crippen LogP contribution is 2.13. The summed E-state index contributed by atoms with van der Waals surface area (Å²) < 4.78 is 2.03. The van der Waals surface area contributed by atoms with Crippen LogP contribution >= 0.6 is 11.3 Å². The zero-order valence-electron chi connectivity index (χ0n) is 11.2. The quantitative estimate of drug-likeness (QED) is 0.365. The van der Waals surface area contributed by atoms with Crippen LogP contribution in [0.15, 0.2) is 22.9 Å². The average Bonchev–Trinajstić information content (AvgIpc) is 2.97. The first-order valence-electron chi connectivity index (χ1n) is 6.24. The molecule has 0 saturated heterocycles. The van der Waals surface area contributed by atoms with Gasteiger partial charge in [0.15, 0.2) is 4.96 Å². The van der Waals surface area contributed by atoms with Gasteiger partial charge in [0.05, 0.1) is 5.69 Å². The van der Waals surface area contributed by atoms with Crippen molar-refractivity contribution in [2.75, 3.05) is 13.1 Å². The standard InChI is InChI=1S/C12H19N5OS/c1-3-16(6-9(2)11(13)15-18)7-10-8-17-4-5-19-12(17)14-10/h4-5,8-9,18H,3,6-7H2,1-2H3,(H2,13,15). The molecule has 1 atom stereocenters. The number of aromatic nitrogens is 2. The summed E-state index contributed by atoms with van der Waals surface area (Å²) in [5.74, 6) is 0.290. The van der Waals surface area contributed by atoms with Crippen LogP contribution in [0.2, 0.25) is 0 Å². The minimum absolute atomic E-state index is 0.0219. The Balaban J connectivity index is 2.00. The Morgan fingerprint density at radius 3 is 3.11 bits per heavy atom. The highest BCUT2D eigenvalue weighted by molar-refractivity contribution is 7.15. The van der Waals surface area contributed by atoms with E-state index in [1.807, 2.05) is 29.1 Å². The number of hydrogen-bond acceptors (Lipinski definition) is 5. The highest BCUT2D eigenvalue weighted by Gasteiger charge is 2.14. The Kier molecular flexibility index (Phi) is 4.39. The van der Waals surface area contributed by atoms with Crippen molar-refractivity contribution >= 4 is 22.1 Å². The lowest BCUT2D eigenvalue weighted by Crippen LogP contribution is -2.34. The van der Waals surface area contributed by atoms with Gasteiger partial charge >= 0.3 is 0 Å². The molecule has 0 bridgehead atoms. The fraction of sp³-hybridized carbons (Fsp3) is 0.500. The van der Waals surface area contributed by atoms with Crippen molar-refractivity contribution < 1.29 is 5.21 Å². The Morgan fingerprint density at radius 2 is 2.47 bits per heavy atom. The summed E-state index contributed by atoms with van der Waals surface area (Å²) in [5.41, 5.74) is 6.65. The Labute approximate surface area is 116 Å². The van der Waals surface area contributed by atoms with Crippen LogP contribution in [0.1, 0.15) is 19.5 Å². The molecule has 0 aliphatic heterocycles. The monoisotopic (exact) mass is 281 g/mol. The van der Waals surface area contributed by atoms with E-state index in [-0.39, 0.29) is 11.8 Å². The van der Waals surface area contributed by atoms with E-state index in [0.717, 1.165) is 30.3 Å². The van der Waals surface area contributed by atoms with Gasteiger partial charge in [-0.3, -0.25) is 9.30 Å². The summed E-state index contributed by atoms with van der Waals surface area (Å²) >= 11 is 1.63. The van der Waals surface area contributed by atoms with Crippen LogP contribution in [0.4, 0.5) is 0 Å². The van der Waals surface area contributed by atoms with E-state index in [4.69, 9.17) is 10.9 Å². The average molecular weight is 281 g/mol. The summed E-state index contributed by atoms with van der Waals surface area (Å²) in [7, 11) is 0. The molecule has 2 aromatic rings. The van der Waals surface area contributed by atoms with Crippen LogP contribution in [0, 0.1) is 5.92 Å². The van der Waals surface area contributed by atoms with Crippen LogP contribution in [0.3, 0.4) is 0 Å². The van der Waals surface area contributed by atoms with Gasteiger partial charge in [0.1, 0.15) is 5.84 Å². The molecule has 0 aromatic carbocycles. The summed E-state index contributed by atoms with van der Waals surface area (Å²) in [6, 6.07) is 0. The number of thiazole rings is 1. The number of rotatable bonds is 6. The van der Waals surface area contributed by atoms with Crippen molar-refractivity contribution in [2.24, 2.45) is 16.8 Å². The molecule has 6 nitrogen and oxygen atoms in total. The number of amidine groups is 1. The van der Waals surface area contributed by atoms with E-state index in [2.05, 4.69) is 22.0 Å². The van der Waals surface area contributed by atoms with Crippen molar-refractivity contribution in [3.8, 4) is 0 Å². The maximum atomic E-state index is 8.68. The third kappa shape index (κ3) is 3.24. The largest absolute Gasteiger partial charge is 0.409 e. The topological polar surface area (TPSA) is 79.2 Å². The second kappa shape index (κ2) is 6.03. The molecule has 0 spiro atoms. The number of imidazole rings is 1. The van der Waals surface area contributed by atoms with Gasteiger partial charge in [-0.15, -0.1) is 11.3 Å². The van der Waals surface area contributed by atoms with Crippen LogP contribution < -0.4 is 5.73 Å². The van der Waals surface area contributed by atoms with E-state index < -0.39 is 0 Å². The van der Waals surface area contributed by atoms with E-state index in [0.29, 0.717) is 0 Å². The van der Waals surface area contributed by atoms with Gasteiger partial charge in [-0.1, -0.05) is 19.0 Å². The van der Waals surface area contributed by atoms with Gasteiger partial charge in [0.2, 0.25) is 0 Å². The molecular weight excluding hydrogens is 262 g/mol. The van der Waals surface area contributed by atoms with E-state index in [1.54, 1.807) is 11.3 Å². The molecule has 2 heterocycles. The number of hydrogen-bond donors (Lipinski definition) is 2. The molecule has 104 valence electrons. The van der Waals surface area contributed by atoms with E-state index in [9.17, 15) is 0 Å². The second-order valence-corrected chi connectivity index (χ2v) is 5.45. The molecule has 0 fully saturated rings. The fourth-order valence-electron chi connectivity index (χ4n) is 1.97. The van der Waals surface area contributed by atoms with Crippen molar-refractivity contribution in [1.82, 2.24) is 14.3 Å². The molecule has 0 radical (unpaired) electrons. The maximum absolute atomic E-state index is 8.68. The molecule has 0 aliphatic rings. The first kappa shape index (κ1) is 13.8. The van der Waals surface area contributed by atoms with Gasteiger partial charge in [-0.05, 0) is 6.54 Å². The first-order chi connectivity index (χ1) is 9.13. The van der Waals surface area contributed by atoms with Gasteiger partial charge in [-0.2, -0.15) is 0 Å². The smallest absolute Gasteiger partial charge is 0.193 e. The zero-order chi connectivity index (χ0) is 13.8. The molecule has 1 unspecified atom stereocenters. The normalized spacial score (nSPS) is 14.4. The number of fused-ring (bicyclic) bond motifs is 1. The van der Waals surface area contributed by atoms with Gasteiger partial charge in [-0.25, -0.2) is 4.98 Å². The van der Waals surface area contributed by atoms with Crippen LogP contribution in [-0.2, 0) is 6.54 Å². The first-order valence-corrected chi connectivity index (χ1v) is 7.12. The Hall–Kier alpha value is -1.60. The van der Waals surface area contributed by atoms with Crippen LogP contribution in [0.5, 0.6) is 0 Å². The summed E-state index contributed by atoms with van der Waals surface area (Å²) in [4.78, 5) is 7.80. The highest BCUT2D eigenvalue weighted by atomic mass is 32.1. The molecule has 0 aliphatic carbocycles. The molecule has 0 saturated carbocycles. The molecule has 2 rings (SSSR count). The van der Waals surface area contributed by atoms with Crippen LogP contribution in [-0.4, -0.2) is 38.4 Å². The van der Waals surface area contributed by atoms with Gasteiger partial charge in [0, 0.05) is 36.8 Å². The lowest BCUT2D eigenvalue weighted by atomic mass is 10.1. The van der Waals surface area contributed by atoms with Crippen LogP contribution in [0.25, 0.3) is 4.96 Å². The fourth-order valence-corrected chi connectivity index (χ4v) is 2.69. The van der Waals surface area contributed by atoms with E-state index in [1.165, 1.54) is 0 Å². The molecular formula is C12H19N5OS. The minimum atomic E-state index is 0.0219. The maximum Gasteiger partial charge on any atom is 0.193 e. The summed E-state index contributed by atoms with van der Waals surface area (Å²) in [5, 5.41) is 13.8.